The first-order chi connectivity index (χ1) is 9.52. The van der Waals surface area contributed by atoms with E-state index in [1.165, 1.54) is 6.07 Å². The van der Waals surface area contributed by atoms with Gasteiger partial charge < -0.3 is 4.90 Å². The molecule has 0 atom stereocenters. The van der Waals surface area contributed by atoms with Crippen molar-refractivity contribution in [1.82, 2.24) is 4.90 Å². The molecule has 0 aliphatic carbocycles. The van der Waals surface area contributed by atoms with E-state index in [0.717, 1.165) is 12.8 Å². The summed E-state index contributed by atoms with van der Waals surface area (Å²) in [6, 6.07) is 4.79. The predicted octanol–water partition coefficient (Wildman–Crippen LogP) is 3.38. The highest BCUT2D eigenvalue weighted by Gasteiger charge is 2.25. The number of unbranched alkanes of at least 4 members (excludes halogenated alkanes) is 1. The first-order valence-electron chi connectivity index (χ1n) is 6.62. The number of nitrogens with zero attached hydrogens (tertiary/aromatic N) is 2. The number of alkyl halides is 1. The molecule has 1 rings (SSSR count). The van der Waals surface area contributed by atoms with Crippen LogP contribution in [0, 0.1) is 17.0 Å². The SMILES string of the molecule is CCCCN(CCCl)C(=O)c1cccc(C)c1[N+](=O)[O-]. The Morgan fingerprint density at radius 1 is 1.40 bits per heavy atom. The zero-order chi connectivity index (χ0) is 15.1. The molecule has 0 spiro atoms. The van der Waals surface area contributed by atoms with Crippen LogP contribution in [0.5, 0.6) is 0 Å². The van der Waals surface area contributed by atoms with Crippen molar-refractivity contribution in [2.45, 2.75) is 26.7 Å². The fourth-order valence-electron chi connectivity index (χ4n) is 2.01. The lowest BCUT2D eigenvalue weighted by molar-refractivity contribution is -0.385. The van der Waals surface area contributed by atoms with E-state index in [0.29, 0.717) is 24.5 Å². The molecule has 0 heterocycles. The van der Waals surface area contributed by atoms with Crippen LogP contribution in [-0.2, 0) is 0 Å². The average Bonchev–Trinajstić information content (AvgIpc) is 2.42. The number of rotatable bonds is 7. The van der Waals surface area contributed by atoms with Crippen molar-refractivity contribution in [2.24, 2.45) is 0 Å². The Morgan fingerprint density at radius 3 is 2.65 bits per heavy atom. The van der Waals surface area contributed by atoms with Gasteiger partial charge in [-0.25, -0.2) is 0 Å². The minimum Gasteiger partial charge on any atom is -0.337 e. The van der Waals surface area contributed by atoms with Gasteiger partial charge in [0, 0.05) is 24.5 Å². The number of hydrogen-bond donors (Lipinski definition) is 0. The number of nitro groups is 1. The maximum absolute atomic E-state index is 12.5. The van der Waals surface area contributed by atoms with Crippen molar-refractivity contribution >= 4 is 23.2 Å². The van der Waals surface area contributed by atoms with Crippen LogP contribution >= 0.6 is 11.6 Å². The number of carbonyl (C=O) groups excluding carboxylic acids is 1. The molecule has 0 unspecified atom stereocenters. The topological polar surface area (TPSA) is 63.5 Å². The third-order valence-corrected chi connectivity index (χ3v) is 3.24. The molecule has 0 saturated carbocycles. The van der Waals surface area contributed by atoms with Crippen LogP contribution < -0.4 is 0 Å². The number of hydrogen-bond acceptors (Lipinski definition) is 3. The summed E-state index contributed by atoms with van der Waals surface area (Å²) in [7, 11) is 0. The summed E-state index contributed by atoms with van der Waals surface area (Å²) in [5.41, 5.74) is 0.506. The van der Waals surface area contributed by atoms with Gasteiger partial charge in [0.25, 0.3) is 11.6 Å². The smallest absolute Gasteiger partial charge is 0.285 e. The number of halogens is 1. The molecular formula is C14H19ClN2O3. The first-order valence-corrected chi connectivity index (χ1v) is 7.15. The number of benzene rings is 1. The Morgan fingerprint density at radius 2 is 2.10 bits per heavy atom. The van der Waals surface area contributed by atoms with Gasteiger partial charge in [-0.1, -0.05) is 25.5 Å². The maximum Gasteiger partial charge on any atom is 0.285 e. The Labute approximate surface area is 123 Å². The highest BCUT2D eigenvalue weighted by Crippen LogP contribution is 2.24. The van der Waals surface area contributed by atoms with Crippen molar-refractivity contribution < 1.29 is 9.72 Å². The number of amides is 1. The van der Waals surface area contributed by atoms with Crippen LogP contribution in [0.15, 0.2) is 18.2 Å². The van der Waals surface area contributed by atoms with Crippen LogP contribution in [0.3, 0.4) is 0 Å². The average molecular weight is 299 g/mol. The van der Waals surface area contributed by atoms with Gasteiger partial charge in [0.05, 0.1) is 4.92 Å². The van der Waals surface area contributed by atoms with E-state index in [1.54, 1.807) is 24.0 Å². The molecule has 0 radical (unpaired) electrons. The second kappa shape index (κ2) is 7.85. The quantitative estimate of drug-likeness (QED) is 0.440. The normalized spacial score (nSPS) is 10.3. The van der Waals surface area contributed by atoms with Crippen LogP contribution in [0.1, 0.15) is 35.7 Å². The fourth-order valence-corrected chi connectivity index (χ4v) is 2.21. The van der Waals surface area contributed by atoms with Crippen LogP contribution in [0.25, 0.3) is 0 Å². The predicted molar refractivity (Wildman–Crippen MR) is 79.4 cm³/mol. The standard InChI is InChI=1S/C14H19ClN2O3/c1-3-4-9-16(10-8-15)14(18)12-7-5-6-11(2)13(12)17(19)20/h5-7H,3-4,8-10H2,1-2H3. The Hall–Kier alpha value is -1.62. The molecule has 0 aromatic heterocycles. The van der Waals surface area contributed by atoms with Gasteiger partial charge in [-0.2, -0.15) is 0 Å². The van der Waals surface area contributed by atoms with Crippen molar-refractivity contribution in [3.05, 3.63) is 39.4 Å². The maximum atomic E-state index is 12.5. The molecule has 110 valence electrons. The summed E-state index contributed by atoms with van der Waals surface area (Å²) in [4.78, 5) is 24.7. The van der Waals surface area contributed by atoms with Gasteiger partial charge in [0.1, 0.15) is 5.56 Å². The lowest BCUT2D eigenvalue weighted by Gasteiger charge is -2.21. The Kier molecular flexibility index (Phi) is 6.45. The minimum absolute atomic E-state index is 0.117. The molecule has 0 aliphatic heterocycles. The molecule has 0 N–H and O–H groups in total. The lowest BCUT2D eigenvalue weighted by atomic mass is 10.1. The van der Waals surface area contributed by atoms with E-state index in [4.69, 9.17) is 11.6 Å². The molecule has 6 heteroatoms. The summed E-state index contributed by atoms with van der Waals surface area (Å²) in [6.07, 6.45) is 1.80. The molecule has 5 nitrogen and oxygen atoms in total. The molecular weight excluding hydrogens is 280 g/mol. The van der Waals surface area contributed by atoms with Crippen molar-refractivity contribution in [2.75, 3.05) is 19.0 Å². The number of para-hydroxylation sites is 1. The Bertz CT molecular complexity index is 491. The molecule has 1 amide bonds. The van der Waals surface area contributed by atoms with Gasteiger partial charge in [0.15, 0.2) is 0 Å². The van der Waals surface area contributed by atoms with Crippen molar-refractivity contribution in [3.8, 4) is 0 Å². The van der Waals surface area contributed by atoms with Gasteiger partial charge in [-0.15, -0.1) is 11.6 Å². The monoisotopic (exact) mass is 298 g/mol. The molecule has 0 aliphatic rings. The molecule has 0 bridgehead atoms. The molecule has 1 aromatic carbocycles. The third kappa shape index (κ3) is 3.93. The minimum atomic E-state index is -0.499. The lowest BCUT2D eigenvalue weighted by Crippen LogP contribution is -2.34. The van der Waals surface area contributed by atoms with Gasteiger partial charge in [-0.05, 0) is 19.4 Å². The molecule has 20 heavy (non-hydrogen) atoms. The zero-order valence-electron chi connectivity index (χ0n) is 11.8. The number of aryl methyl sites for hydroxylation is 1. The second-order valence-electron chi connectivity index (χ2n) is 4.56. The van der Waals surface area contributed by atoms with Gasteiger partial charge >= 0.3 is 0 Å². The van der Waals surface area contributed by atoms with E-state index >= 15 is 0 Å². The second-order valence-corrected chi connectivity index (χ2v) is 4.94. The van der Waals surface area contributed by atoms with E-state index < -0.39 is 4.92 Å². The third-order valence-electron chi connectivity index (χ3n) is 3.07. The molecule has 0 fully saturated rings. The first kappa shape index (κ1) is 16.4. The summed E-state index contributed by atoms with van der Waals surface area (Å²) < 4.78 is 0. The summed E-state index contributed by atoms with van der Waals surface area (Å²) in [6.45, 7) is 4.62. The summed E-state index contributed by atoms with van der Waals surface area (Å²) in [5.74, 6) is -0.00999. The van der Waals surface area contributed by atoms with E-state index in [2.05, 4.69) is 0 Å². The largest absolute Gasteiger partial charge is 0.337 e. The van der Waals surface area contributed by atoms with Crippen LogP contribution in [-0.4, -0.2) is 34.7 Å². The van der Waals surface area contributed by atoms with E-state index in [9.17, 15) is 14.9 Å². The number of nitro benzene ring substituents is 1. The summed E-state index contributed by atoms with van der Waals surface area (Å²) in [5, 5.41) is 11.2. The highest BCUT2D eigenvalue weighted by molar-refractivity contribution is 6.18. The molecule has 1 aromatic rings. The van der Waals surface area contributed by atoms with Crippen LogP contribution in [0.2, 0.25) is 0 Å². The van der Waals surface area contributed by atoms with Crippen LogP contribution in [0.4, 0.5) is 5.69 Å². The number of carbonyl (C=O) groups is 1. The zero-order valence-corrected chi connectivity index (χ0v) is 12.5. The summed E-state index contributed by atoms with van der Waals surface area (Å²) >= 11 is 5.71. The van der Waals surface area contributed by atoms with Crippen molar-refractivity contribution in [1.29, 1.82) is 0 Å². The molecule has 0 saturated heterocycles. The van der Waals surface area contributed by atoms with Gasteiger partial charge in [0.2, 0.25) is 0 Å². The highest BCUT2D eigenvalue weighted by atomic mass is 35.5. The van der Waals surface area contributed by atoms with Gasteiger partial charge in [-0.3, -0.25) is 14.9 Å². The van der Waals surface area contributed by atoms with E-state index in [1.807, 2.05) is 6.92 Å². The fraction of sp³-hybridized carbons (Fsp3) is 0.500. The Balaban J connectivity index is 3.11. The van der Waals surface area contributed by atoms with Crippen molar-refractivity contribution in [3.63, 3.8) is 0 Å². The van der Waals surface area contributed by atoms with E-state index in [-0.39, 0.29) is 17.2 Å².